The SMILES string of the molecule is CC(=O)CN(C)c1cc(Nc2cc[nH]c2)ncn1. The molecule has 0 saturated heterocycles. The third-order valence-corrected chi connectivity index (χ3v) is 2.37. The topological polar surface area (TPSA) is 73.9 Å². The lowest BCUT2D eigenvalue weighted by Gasteiger charge is -2.16. The smallest absolute Gasteiger partial charge is 0.149 e. The molecule has 0 radical (unpaired) electrons. The van der Waals surface area contributed by atoms with E-state index in [0.29, 0.717) is 18.2 Å². The van der Waals surface area contributed by atoms with Crippen LogP contribution >= 0.6 is 0 Å². The molecule has 94 valence electrons. The molecule has 18 heavy (non-hydrogen) atoms. The highest BCUT2D eigenvalue weighted by molar-refractivity contribution is 5.80. The maximum atomic E-state index is 11.1. The van der Waals surface area contributed by atoms with E-state index in [1.165, 1.54) is 6.33 Å². The molecule has 0 saturated carbocycles. The quantitative estimate of drug-likeness (QED) is 0.836. The van der Waals surface area contributed by atoms with Gasteiger partial charge in [-0.3, -0.25) is 4.79 Å². The number of nitrogens with one attached hydrogen (secondary N) is 2. The first-order valence-corrected chi connectivity index (χ1v) is 5.57. The predicted octanol–water partition coefficient (Wildman–Crippen LogP) is 1.57. The van der Waals surface area contributed by atoms with E-state index < -0.39 is 0 Å². The third kappa shape index (κ3) is 3.07. The van der Waals surface area contributed by atoms with Crippen LogP contribution in [-0.2, 0) is 4.79 Å². The minimum absolute atomic E-state index is 0.0938. The summed E-state index contributed by atoms with van der Waals surface area (Å²) in [5.41, 5.74) is 0.925. The molecule has 2 aromatic heterocycles. The lowest BCUT2D eigenvalue weighted by Crippen LogP contribution is -2.24. The Bertz CT molecular complexity index is 523. The van der Waals surface area contributed by atoms with Crippen LogP contribution in [0, 0.1) is 0 Å². The third-order valence-electron chi connectivity index (χ3n) is 2.37. The first kappa shape index (κ1) is 12.1. The van der Waals surface area contributed by atoms with Crippen LogP contribution in [0.2, 0.25) is 0 Å². The van der Waals surface area contributed by atoms with E-state index in [0.717, 1.165) is 5.69 Å². The number of nitrogens with zero attached hydrogens (tertiary/aromatic N) is 3. The second kappa shape index (κ2) is 5.31. The molecule has 6 heteroatoms. The number of anilines is 3. The van der Waals surface area contributed by atoms with Crippen LogP contribution in [0.3, 0.4) is 0 Å². The van der Waals surface area contributed by atoms with Crippen molar-refractivity contribution in [3.8, 4) is 0 Å². The van der Waals surface area contributed by atoms with Gasteiger partial charge in [-0.25, -0.2) is 9.97 Å². The molecule has 0 aromatic carbocycles. The first-order chi connectivity index (χ1) is 8.65. The fourth-order valence-corrected chi connectivity index (χ4v) is 1.59. The molecule has 2 rings (SSSR count). The molecule has 2 N–H and O–H groups in total. The first-order valence-electron chi connectivity index (χ1n) is 5.57. The minimum Gasteiger partial charge on any atom is -0.366 e. The molecule has 0 aliphatic heterocycles. The molecule has 0 spiro atoms. The van der Waals surface area contributed by atoms with Crippen molar-refractivity contribution in [3.63, 3.8) is 0 Å². The van der Waals surface area contributed by atoms with Gasteiger partial charge in [0, 0.05) is 25.5 Å². The van der Waals surface area contributed by atoms with Crippen molar-refractivity contribution in [1.82, 2.24) is 15.0 Å². The Kier molecular flexibility index (Phi) is 3.57. The van der Waals surface area contributed by atoms with Crippen molar-refractivity contribution in [1.29, 1.82) is 0 Å². The summed E-state index contributed by atoms with van der Waals surface area (Å²) in [5, 5.41) is 3.14. The molecule has 0 aliphatic rings. The number of hydrogen-bond donors (Lipinski definition) is 2. The van der Waals surface area contributed by atoms with E-state index in [-0.39, 0.29) is 5.78 Å². The van der Waals surface area contributed by atoms with Crippen LogP contribution in [0.5, 0.6) is 0 Å². The van der Waals surface area contributed by atoms with Gasteiger partial charge in [0.1, 0.15) is 23.7 Å². The summed E-state index contributed by atoms with van der Waals surface area (Å²) in [4.78, 5) is 24.1. The van der Waals surface area contributed by atoms with E-state index in [4.69, 9.17) is 0 Å². The normalized spacial score (nSPS) is 10.1. The molecule has 0 bridgehead atoms. The monoisotopic (exact) mass is 245 g/mol. The number of ketones is 1. The zero-order chi connectivity index (χ0) is 13.0. The maximum Gasteiger partial charge on any atom is 0.149 e. The van der Waals surface area contributed by atoms with Crippen LogP contribution in [0.4, 0.5) is 17.3 Å². The molecule has 2 aromatic rings. The summed E-state index contributed by atoms with van der Waals surface area (Å²) in [6.45, 7) is 1.89. The van der Waals surface area contributed by atoms with Crippen molar-refractivity contribution in [2.24, 2.45) is 0 Å². The standard InChI is InChI=1S/C12H15N5O/c1-9(18)7-17(2)12-5-11(14-8-15-12)16-10-3-4-13-6-10/h3-6,8,13H,7H2,1-2H3,(H,14,15,16). The molecule has 0 atom stereocenters. The average Bonchev–Trinajstić information content (AvgIpc) is 2.81. The van der Waals surface area contributed by atoms with Gasteiger partial charge in [-0.1, -0.05) is 0 Å². The summed E-state index contributed by atoms with van der Waals surface area (Å²) in [6, 6.07) is 3.71. The van der Waals surface area contributed by atoms with E-state index >= 15 is 0 Å². The fourth-order valence-electron chi connectivity index (χ4n) is 1.59. The van der Waals surface area contributed by atoms with Gasteiger partial charge in [0.2, 0.25) is 0 Å². The lowest BCUT2D eigenvalue weighted by molar-refractivity contribution is -0.115. The molecule has 0 unspecified atom stereocenters. The van der Waals surface area contributed by atoms with E-state index in [1.54, 1.807) is 17.9 Å². The number of likely N-dealkylation sites (N-methyl/N-ethyl adjacent to an activating group) is 1. The van der Waals surface area contributed by atoms with Gasteiger partial charge >= 0.3 is 0 Å². The fraction of sp³-hybridized carbons (Fsp3) is 0.250. The predicted molar refractivity (Wildman–Crippen MR) is 70.1 cm³/mol. The molecule has 0 amide bonds. The summed E-state index contributed by atoms with van der Waals surface area (Å²) in [6.07, 6.45) is 5.13. The molecule has 0 fully saturated rings. The molecule has 2 heterocycles. The van der Waals surface area contributed by atoms with Crippen molar-refractivity contribution in [2.45, 2.75) is 6.92 Å². The summed E-state index contributed by atoms with van der Waals surface area (Å²) in [5.74, 6) is 1.49. The number of Topliss-reactive ketones (excluding diaryl/α,β-unsaturated/α-hetero) is 1. The van der Waals surface area contributed by atoms with Crippen LogP contribution < -0.4 is 10.2 Å². The van der Waals surface area contributed by atoms with Crippen molar-refractivity contribution in [2.75, 3.05) is 23.8 Å². The summed E-state index contributed by atoms with van der Waals surface area (Å²) < 4.78 is 0. The highest BCUT2D eigenvalue weighted by atomic mass is 16.1. The Labute approximate surface area is 105 Å². The number of rotatable bonds is 5. The molecular weight excluding hydrogens is 230 g/mol. The average molecular weight is 245 g/mol. The number of H-pyrrole nitrogens is 1. The van der Waals surface area contributed by atoms with Gasteiger partial charge in [-0.2, -0.15) is 0 Å². The van der Waals surface area contributed by atoms with Crippen LogP contribution in [0.25, 0.3) is 0 Å². The van der Waals surface area contributed by atoms with Gasteiger partial charge < -0.3 is 15.2 Å². The van der Waals surface area contributed by atoms with E-state index in [9.17, 15) is 4.79 Å². The number of hydrogen-bond acceptors (Lipinski definition) is 5. The number of carbonyl (C=O) groups is 1. The largest absolute Gasteiger partial charge is 0.366 e. The van der Waals surface area contributed by atoms with Gasteiger partial charge in [0.15, 0.2) is 0 Å². The minimum atomic E-state index is 0.0938. The Balaban J connectivity index is 2.12. The number of aromatic amines is 1. The van der Waals surface area contributed by atoms with Crippen LogP contribution in [-0.4, -0.2) is 34.3 Å². The van der Waals surface area contributed by atoms with Gasteiger partial charge in [0.05, 0.1) is 12.2 Å². The molecular formula is C12H15N5O. The lowest BCUT2D eigenvalue weighted by atomic mass is 10.4. The van der Waals surface area contributed by atoms with Crippen molar-refractivity contribution < 1.29 is 4.79 Å². The Morgan fingerprint density at radius 2 is 2.33 bits per heavy atom. The van der Waals surface area contributed by atoms with Crippen LogP contribution in [0.1, 0.15) is 6.92 Å². The van der Waals surface area contributed by atoms with E-state index in [1.807, 2.05) is 25.5 Å². The van der Waals surface area contributed by atoms with Crippen molar-refractivity contribution in [3.05, 3.63) is 30.9 Å². The van der Waals surface area contributed by atoms with Gasteiger partial charge in [-0.05, 0) is 13.0 Å². The second-order valence-electron chi connectivity index (χ2n) is 4.04. The van der Waals surface area contributed by atoms with Gasteiger partial charge in [0.25, 0.3) is 0 Å². The maximum absolute atomic E-state index is 11.1. The number of aromatic nitrogens is 3. The Hall–Kier alpha value is -2.37. The second-order valence-corrected chi connectivity index (χ2v) is 4.04. The van der Waals surface area contributed by atoms with Crippen molar-refractivity contribution >= 4 is 23.1 Å². The van der Waals surface area contributed by atoms with Gasteiger partial charge in [-0.15, -0.1) is 0 Å². The highest BCUT2D eigenvalue weighted by Gasteiger charge is 2.06. The Morgan fingerprint density at radius 3 is 3.00 bits per heavy atom. The summed E-state index contributed by atoms with van der Waals surface area (Å²) >= 11 is 0. The zero-order valence-corrected chi connectivity index (χ0v) is 10.3. The zero-order valence-electron chi connectivity index (χ0n) is 10.3. The number of carbonyl (C=O) groups excluding carboxylic acids is 1. The summed E-state index contributed by atoms with van der Waals surface area (Å²) in [7, 11) is 1.82. The molecule has 6 nitrogen and oxygen atoms in total. The van der Waals surface area contributed by atoms with Crippen LogP contribution in [0.15, 0.2) is 30.9 Å². The Morgan fingerprint density at radius 1 is 1.50 bits per heavy atom. The van der Waals surface area contributed by atoms with E-state index in [2.05, 4.69) is 20.3 Å². The molecule has 0 aliphatic carbocycles. The highest BCUT2D eigenvalue weighted by Crippen LogP contribution is 2.16.